The van der Waals surface area contributed by atoms with E-state index >= 15 is 0 Å². The fraction of sp³-hybridized carbons (Fsp3) is 0.588. The first kappa shape index (κ1) is 15.0. The van der Waals surface area contributed by atoms with Crippen LogP contribution in [0.2, 0.25) is 0 Å². The Morgan fingerprint density at radius 3 is 2.62 bits per heavy atom. The summed E-state index contributed by atoms with van der Waals surface area (Å²) in [6.07, 6.45) is 1.17. The summed E-state index contributed by atoms with van der Waals surface area (Å²) >= 11 is 3.57. The first-order valence-corrected chi connectivity index (χ1v) is 8.63. The fourth-order valence-electron chi connectivity index (χ4n) is 3.60. The van der Waals surface area contributed by atoms with Crippen LogP contribution in [0, 0.1) is 5.92 Å². The maximum Gasteiger partial charge on any atom is 0.117 e. The molecule has 4 heteroatoms. The summed E-state index contributed by atoms with van der Waals surface area (Å²) in [5.41, 5.74) is 2.49. The summed E-state index contributed by atoms with van der Waals surface area (Å²) in [7, 11) is 0. The molecule has 0 aliphatic carbocycles. The van der Waals surface area contributed by atoms with Gasteiger partial charge < -0.3 is 9.88 Å². The molecule has 0 saturated carbocycles. The highest BCUT2D eigenvalue weighted by atomic mass is 79.9. The standard InChI is InChI=1S/C17H24BrN3/c1-11(2)17(7-8-19-10-17)16-20-14-9-13(18)5-6-15(14)21(16)12(3)4/h5-6,9,11-12,19H,7-8,10H2,1-4H3. The van der Waals surface area contributed by atoms with Gasteiger partial charge in [0, 0.05) is 22.5 Å². The van der Waals surface area contributed by atoms with Crippen LogP contribution >= 0.6 is 15.9 Å². The molecule has 1 aliphatic heterocycles. The van der Waals surface area contributed by atoms with Gasteiger partial charge in [-0.2, -0.15) is 0 Å². The minimum Gasteiger partial charge on any atom is -0.325 e. The number of aromatic nitrogens is 2. The number of benzene rings is 1. The Balaban J connectivity index is 2.28. The minimum absolute atomic E-state index is 0.149. The van der Waals surface area contributed by atoms with Crippen LogP contribution in [0.15, 0.2) is 22.7 Å². The van der Waals surface area contributed by atoms with E-state index in [-0.39, 0.29) is 5.41 Å². The highest BCUT2D eigenvalue weighted by Gasteiger charge is 2.43. The SMILES string of the molecule is CC(C)n1c(C2(C(C)C)CCNC2)nc2cc(Br)ccc21. The Bertz CT molecular complexity index is 651. The van der Waals surface area contributed by atoms with E-state index < -0.39 is 0 Å². The molecule has 0 amide bonds. The van der Waals surface area contributed by atoms with Crippen molar-refractivity contribution in [3.8, 4) is 0 Å². The molecule has 1 aromatic carbocycles. The normalized spacial score (nSPS) is 22.8. The second-order valence-electron chi connectivity index (χ2n) is 6.77. The predicted molar refractivity (Wildman–Crippen MR) is 91.8 cm³/mol. The van der Waals surface area contributed by atoms with Crippen LogP contribution in [0.5, 0.6) is 0 Å². The third-order valence-electron chi connectivity index (χ3n) is 4.91. The summed E-state index contributed by atoms with van der Waals surface area (Å²) in [6.45, 7) is 11.3. The second kappa shape index (κ2) is 5.40. The Labute approximate surface area is 135 Å². The van der Waals surface area contributed by atoms with Crippen molar-refractivity contribution in [1.82, 2.24) is 14.9 Å². The van der Waals surface area contributed by atoms with Gasteiger partial charge in [0.05, 0.1) is 11.0 Å². The number of hydrogen-bond donors (Lipinski definition) is 1. The zero-order chi connectivity index (χ0) is 15.2. The molecule has 2 heterocycles. The number of imidazole rings is 1. The number of nitrogens with one attached hydrogen (secondary N) is 1. The van der Waals surface area contributed by atoms with E-state index in [4.69, 9.17) is 4.98 Å². The topological polar surface area (TPSA) is 29.9 Å². The van der Waals surface area contributed by atoms with Crippen LogP contribution in [0.25, 0.3) is 11.0 Å². The minimum atomic E-state index is 0.149. The molecule has 1 fully saturated rings. The molecule has 114 valence electrons. The Morgan fingerprint density at radius 2 is 2.05 bits per heavy atom. The van der Waals surface area contributed by atoms with E-state index in [1.807, 2.05) is 0 Å². The lowest BCUT2D eigenvalue weighted by molar-refractivity contribution is 0.302. The van der Waals surface area contributed by atoms with Gasteiger partial charge in [-0.05, 0) is 50.9 Å². The molecule has 0 radical (unpaired) electrons. The van der Waals surface area contributed by atoms with E-state index in [1.165, 1.54) is 17.8 Å². The lowest BCUT2D eigenvalue weighted by atomic mass is 9.75. The van der Waals surface area contributed by atoms with Crippen molar-refractivity contribution in [2.75, 3.05) is 13.1 Å². The molecule has 1 N–H and O–H groups in total. The zero-order valence-corrected chi connectivity index (χ0v) is 14.9. The van der Waals surface area contributed by atoms with Crippen molar-refractivity contribution in [2.45, 2.75) is 45.6 Å². The molecule has 1 unspecified atom stereocenters. The summed E-state index contributed by atoms with van der Waals surface area (Å²) in [4.78, 5) is 5.06. The third-order valence-corrected chi connectivity index (χ3v) is 5.40. The molecule has 1 atom stereocenters. The molecule has 1 aromatic heterocycles. The van der Waals surface area contributed by atoms with Crippen molar-refractivity contribution in [3.63, 3.8) is 0 Å². The monoisotopic (exact) mass is 349 g/mol. The van der Waals surface area contributed by atoms with E-state index in [1.54, 1.807) is 0 Å². The molecular weight excluding hydrogens is 326 g/mol. The van der Waals surface area contributed by atoms with E-state index in [9.17, 15) is 0 Å². The van der Waals surface area contributed by atoms with Crippen LogP contribution in [0.4, 0.5) is 0 Å². The van der Waals surface area contributed by atoms with Crippen molar-refractivity contribution in [1.29, 1.82) is 0 Å². The summed E-state index contributed by atoms with van der Waals surface area (Å²) < 4.78 is 3.53. The van der Waals surface area contributed by atoms with Crippen LogP contribution in [-0.4, -0.2) is 22.6 Å². The average Bonchev–Trinajstić information content (AvgIpc) is 3.02. The lowest BCUT2D eigenvalue weighted by Gasteiger charge is -2.33. The largest absolute Gasteiger partial charge is 0.325 e. The second-order valence-corrected chi connectivity index (χ2v) is 7.69. The molecule has 1 saturated heterocycles. The summed E-state index contributed by atoms with van der Waals surface area (Å²) in [6, 6.07) is 6.85. The fourth-order valence-corrected chi connectivity index (χ4v) is 3.95. The van der Waals surface area contributed by atoms with E-state index in [0.717, 1.165) is 23.1 Å². The highest BCUT2D eigenvalue weighted by molar-refractivity contribution is 9.10. The van der Waals surface area contributed by atoms with Crippen molar-refractivity contribution in [2.24, 2.45) is 5.92 Å². The molecule has 3 nitrogen and oxygen atoms in total. The number of nitrogens with zero attached hydrogens (tertiary/aromatic N) is 2. The highest BCUT2D eigenvalue weighted by Crippen LogP contribution is 2.40. The smallest absolute Gasteiger partial charge is 0.117 e. The van der Waals surface area contributed by atoms with Gasteiger partial charge in [-0.3, -0.25) is 0 Å². The maximum absolute atomic E-state index is 5.06. The van der Waals surface area contributed by atoms with Gasteiger partial charge in [0.15, 0.2) is 0 Å². The summed E-state index contributed by atoms with van der Waals surface area (Å²) in [5.74, 6) is 1.83. The summed E-state index contributed by atoms with van der Waals surface area (Å²) in [5, 5.41) is 3.55. The first-order valence-electron chi connectivity index (χ1n) is 7.84. The number of hydrogen-bond acceptors (Lipinski definition) is 2. The molecule has 1 aliphatic rings. The number of halogens is 1. The van der Waals surface area contributed by atoms with E-state index in [0.29, 0.717) is 12.0 Å². The number of rotatable bonds is 3. The molecule has 2 aromatic rings. The van der Waals surface area contributed by atoms with Crippen molar-refractivity contribution in [3.05, 3.63) is 28.5 Å². The van der Waals surface area contributed by atoms with Crippen LogP contribution < -0.4 is 5.32 Å². The molecule has 21 heavy (non-hydrogen) atoms. The van der Waals surface area contributed by atoms with E-state index in [2.05, 4.69) is 71.7 Å². The van der Waals surface area contributed by atoms with Gasteiger partial charge >= 0.3 is 0 Å². The van der Waals surface area contributed by atoms with Gasteiger partial charge in [0.2, 0.25) is 0 Å². The van der Waals surface area contributed by atoms with Crippen molar-refractivity contribution >= 4 is 27.0 Å². The van der Waals surface area contributed by atoms with Gasteiger partial charge in [0.25, 0.3) is 0 Å². The molecule has 0 bridgehead atoms. The quantitative estimate of drug-likeness (QED) is 0.896. The van der Waals surface area contributed by atoms with Crippen molar-refractivity contribution < 1.29 is 0 Å². The van der Waals surface area contributed by atoms with Gasteiger partial charge in [-0.25, -0.2) is 4.98 Å². The van der Waals surface area contributed by atoms with Gasteiger partial charge in [0.1, 0.15) is 5.82 Å². The maximum atomic E-state index is 5.06. The van der Waals surface area contributed by atoms with Gasteiger partial charge in [-0.1, -0.05) is 29.8 Å². The average molecular weight is 350 g/mol. The number of fused-ring (bicyclic) bond motifs is 1. The third kappa shape index (κ3) is 2.33. The van der Waals surface area contributed by atoms with Crippen LogP contribution in [-0.2, 0) is 5.41 Å². The predicted octanol–water partition coefficient (Wildman–Crippen LogP) is 4.27. The molecule has 3 rings (SSSR count). The zero-order valence-electron chi connectivity index (χ0n) is 13.3. The van der Waals surface area contributed by atoms with Crippen LogP contribution in [0.1, 0.15) is 46.0 Å². The lowest BCUT2D eigenvalue weighted by Crippen LogP contribution is -2.38. The Kier molecular flexibility index (Phi) is 3.87. The van der Waals surface area contributed by atoms with Gasteiger partial charge in [-0.15, -0.1) is 0 Å². The molecular formula is C17H24BrN3. The Hall–Kier alpha value is -0.870. The van der Waals surface area contributed by atoms with Crippen LogP contribution in [0.3, 0.4) is 0 Å². The Morgan fingerprint density at radius 1 is 1.29 bits per heavy atom. The molecule has 0 spiro atoms. The first-order chi connectivity index (χ1) is 9.95.